The average molecular weight is 391 g/mol. The minimum Gasteiger partial charge on any atom is -0.396 e. The van der Waals surface area contributed by atoms with Crippen LogP contribution in [0, 0.1) is 11.8 Å². The van der Waals surface area contributed by atoms with E-state index in [1.54, 1.807) is 0 Å². The molecule has 0 saturated carbocycles. The summed E-state index contributed by atoms with van der Waals surface area (Å²) in [4.78, 5) is 0. The molecule has 128 valence electrons. The van der Waals surface area contributed by atoms with Crippen LogP contribution < -0.4 is 0 Å². The number of rotatable bonds is 5. The molecule has 1 heterocycles. The first-order valence-electron chi connectivity index (χ1n) is 5.51. The molecule has 0 aromatic carbocycles. The lowest BCUT2D eigenvalue weighted by molar-refractivity contribution is -0.299. The van der Waals surface area contributed by atoms with Crippen LogP contribution in [-0.2, 0) is 9.84 Å². The zero-order valence-corrected chi connectivity index (χ0v) is 12.8. The second-order valence-electron chi connectivity index (χ2n) is 4.34. The molecule has 0 aliphatic carbocycles. The standard InChI is InChI=1S/C10H9ClF6O3S2/c11-6-1-2-7(21-6)22(19,20)4-5(3-18)8(9(12,13)14)10(15,16)17/h1-2,5,8,18H,3-4H2/t5-/m1/s1. The number of halogens is 7. The molecule has 0 fully saturated rings. The van der Waals surface area contributed by atoms with Crippen molar-refractivity contribution >= 4 is 32.8 Å². The Morgan fingerprint density at radius 3 is 1.95 bits per heavy atom. The van der Waals surface area contributed by atoms with E-state index in [4.69, 9.17) is 16.7 Å². The fourth-order valence-electron chi connectivity index (χ4n) is 1.80. The van der Waals surface area contributed by atoms with Gasteiger partial charge in [-0.1, -0.05) is 11.6 Å². The van der Waals surface area contributed by atoms with Gasteiger partial charge in [-0.2, -0.15) is 26.3 Å². The van der Waals surface area contributed by atoms with E-state index in [0.717, 1.165) is 12.1 Å². The number of aliphatic hydroxyl groups excluding tert-OH is 1. The Kier molecular flexibility index (Phi) is 5.80. The highest BCUT2D eigenvalue weighted by molar-refractivity contribution is 7.93. The largest absolute Gasteiger partial charge is 0.400 e. The first kappa shape index (κ1) is 19.5. The lowest BCUT2D eigenvalue weighted by Crippen LogP contribution is -2.45. The summed E-state index contributed by atoms with van der Waals surface area (Å²) in [5.74, 6) is -7.99. The maximum Gasteiger partial charge on any atom is 0.400 e. The highest BCUT2D eigenvalue weighted by atomic mass is 35.5. The molecule has 3 nitrogen and oxygen atoms in total. The zero-order chi connectivity index (χ0) is 17.3. The SMILES string of the molecule is O=S(=O)(C[C@@H](CO)C(C(F)(F)F)C(F)(F)F)c1ccc(Cl)s1. The Morgan fingerprint density at radius 1 is 1.14 bits per heavy atom. The monoisotopic (exact) mass is 390 g/mol. The van der Waals surface area contributed by atoms with Gasteiger partial charge in [-0.05, 0) is 12.1 Å². The Balaban J connectivity index is 3.15. The minimum absolute atomic E-state index is 0.0160. The summed E-state index contributed by atoms with van der Waals surface area (Å²) in [6, 6.07) is 2.13. The highest BCUT2D eigenvalue weighted by Crippen LogP contribution is 2.44. The molecule has 0 radical (unpaired) electrons. The average Bonchev–Trinajstić information content (AvgIpc) is 2.71. The molecule has 0 saturated heterocycles. The third kappa shape index (κ3) is 4.74. The summed E-state index contributed by atoms with van der Waals surface area (Å²) in [6.45, 7) is -1.58. The van der Waals surface area contributed by atoms with Gasteiger partial charge in [0.1, 0.15) is 4.21 Å². The predicted octanol–water partition coefficient (Wildman–Crippen LogP) is 3.52. The van der Waals surface area contributed by atoms with Gasteiger partial charge in [0.2, 0.25) is 0 Å². The quantitative estimate of drug-likeness (QED) is 0.783. The van der Waals surface area contributed by atoms with Crippen LogP contribution in [0.25, 0.3) is 0 Å². The van der Waals surface area contributed by atoms with Crippen LogP contribution in [0.15, 0.2) is 16.3 Å². The summed E-state index contributed by atoms with van der Waals surface area (Å²) in [6.07, 6.45) is -11.5. The van der Waals surface area contributed by atoms with E-state index >= 15 is 0 Å². The molecule has 1 N–H and O–H groups in total. The third-order valence-electron chi connectivity index (χ3n) is 2.70. The van der Waals surface area contributed by atoms with Crippen LogP contribution in [0.5, 0.6) is 0 Å². The van der Waals surface area contributed by atoms with Crippen molar-refractivity contribution in [1.82, 2.24) is 0 Å². The molecule has 0 bridgehead atoms. The van der Waals surface area contributed by atoms with Crippen LogP contribution >= 0.6 is 22.9 Å². The van der Waals surface area contributed by atoms with Crippen LogP contribution in [0.1, 0.15) is 0 Å². The Morgan fingerprint density at radius 2 is 1.64 bits per heavy atom. The van der Waals surface area contributed by atoms with Crippen LogP contribution in [0.2, 0.25) is 4.34 Å². The number of sulfone groups is 1. The van der Waals surface area contributed by atoms with E-state index in [-0.39, 0.29) is 4.34 Å². The topological polar surface area (TPSA) is 54.4 Å². The Labute approximate surface area is 130 Å². The highest BCUT2D eigenvalue weighted by Gasteiger charge is 2.60. The van der Waals surface area contributed by atoms with Crippen molar-refractivity contribution in [3.63, 3.8) is 0 Å². The lowest BCUT2D eigenvalue weighted by Gasteiger charge is -2.29. The summed E-state index contributed by atoms with van der Waals surface area (Å²) in [5, 5.41) is 8.85. The van der Waals surface area contributed by atoms with Crippen molar-refractivity contribution in [2.24, 2.45) is 11.8 Å². The fourth-order valence-corrected chi connectivity index (χ4v) is 5.00. The van der Waals surface area contributed by atoms with Crippen molar-refractivity contribution in [2.75, 3.05) is 12.4 Å². The van der Waals surface area contributed by atoms with Crippen molar-refractivity contribution in [2.45, 2.75) is 16.6 Å². The molecule has 0 unspecified atom stereocenters. The summed E-state index contributed by atoms with van der Waals surface area (Å²) in [5.41, 5.74) is 0. The van der Waals surface area contributed by atoms with Gasteiger partial charge in [0.15, 0.2) is 15.8 Å². The zero-order valence-electron chi connectivity index (χ0n) is 10.4. The second kappa shape index (κ2) is 6.54. The molecule has 0 aliphatic heterocycles. The fraction of sp³-hybridized carbons (Fsp3) is 0.600. The smallest absolute Gasteiger partial charge is 0.396 e. The molecule has 22 heavy (non-hydrogen) atoms. The van der Waals surface area contributed by atoms with Gasteiger partial charge in [-0.3, -0.25) is 0 Å². The van der Waals surface area contributed by atoms with Gasteiger partial charge in [-0.15, -0.1) is 11.3 Å². The molecule has 1 rings (SSSR count). The Bertz CT molecular complexity index is 593. The van der Waals surface area contributed by atoms with E-state index in [9.17, 15) is 34.8 Å². The normalized spacial score (nSPS) is 15.3. The van der Waals surface area contributed by atoms with Crippen LogP contribution in [-0.4, -0.2) is 38.2 Å². The maximum atomic E-state index is 12.6. The molecular formula is C10H9ClF6O3S2. The van der Waals surface area contributed by atoms with Crippen molar-refractivity contribution < 1.29 is 39.9 Å². The molecule has 12 heteroatoms. The van der Waals surface area contributed by atoms with Crippen molar-refractivity contribution in [1.29, 1.82) is 0 Å². The first-order chi connectivity index (χ1) is 9.79. The molecule has 0 aliphatic rings. The van der Waals surface area contributed by atoms with E-state index in [0.29, 0.717) is 11.3 Å². The van der Waals surface area contributed by atoms with Crippen LogP contribution in [0.3, 0.4) is 0 Å². The van der Waals surface area contributed by atoms with Gasteiger partial charge in [0, 0.05) is 12.5 Å². The maximum absolute atomic E-state index is 12.6. The third-order valence-corrected chi connectivity index (χ3v) is 6.35. The van der Waals surface area contributed by atoms with E-state index in [1.807, 2.05) is 0 Å². The van der Waals surface area contributed by atoms with E-state index < -0.39 is 50.6 Å². The van der Waals surface area contributed by atoms with Gasteiger partial charge < -0.3 is 5.11 Å². The summed E-state index contributed by atoms with van der Waals surface area (Å²) in [7, 11) is -4.44. The molecule has 0 amide bonds. The van der Waals surface area contributed by atoms with Gasteiger partial charge >= 0.3 is 12.4 Å². The summed E-state index contributed by atoms with van der Waals surface area (Å²) < 4.78 is 98.9. The second-order valence-corrected chi connectivity index (χ2v) is 8.32. The molecule has 1 aromatic heterocycles. The minimum atomic E-state index is -5.73. The van der Waals surface area contributed by atoms with Crippen molar-refractivity contribution in [3.05, 3.63) is 16.5 Å². The predicted molar refractivity (Wildman–Crippen MR) is 67.6 cm³/mol. The molecule has 0 spiro atoms. The van der Waals surface area contributed by atoms with E-state index in [2.05, 4.69) is 0 Å². The Hall–Kier alpha value is -0.520. The van der Waals surface area contributed by atoms with Gasteiger partial charge in [0.25, 0.3) is 0 Å². The first-order valence-corrected chi connectivity index (χ1v) is 8.36. The number of hydrogen-bond donors (Lipinski definition) is 1. The van der Waals surface area contributed by atoms with Gasteiger partial charge in [-0.25, -0.2) is 8.42 Å². The number of aliphatic hydroxyl groups is 1. The number of alkyl halides is 6. The van der Waals surface area contributed by atoms with Gasteiger partial charge in [0.05, 0.1) is 10.1 Å². The summed E-state index contributed by atoms with van der Waals surface area (Å²) >= 11 is 6.00. The number of thiophene rings is 1. The molecular weight excluding hydrogens is 382 g/mol. The van der Waals surface area contributed by atoms with Crippen LogP contribution in [0.4, 0.5) is 26.3 Å². The molecule has 1 aromatic rings. The molecule has 1 atom stereocenters. The van der Waals surface area contributed by atoms with Crippen molar-refractivity contribution in [3.8, 4) is 0 Å². The van der Waals surface area contributed by atoms with E-state index in [1.165, 1.54) is 0 Å². The lowest BCUT2D eigenvalue weighted by atomic mass is 9.93. The number of hydrogen-bond acceptors (Lipinski definition) is 4.